The Hall–Kier alpha value is -1.39. The molecule has 4 nitrogen and oxygen atoms in total. The molecule has 1 aliphatic heterocycles. The molecule has 1 aromatic rings. The third-order valence-electron chi connectivity index (χ3n) is 4.04. The summed E-state index contributed by atoms with van der Waals surface area (Å²) in [5, 5.41) is 12.4. The van der Waals surface area contributed by atoms with Gasteiger partial charge < -0.3 is 15.3 Å². The number of benzene rings is 1. The molecule has 1 aliphatic rings. The summed E-state index contributed by atoms with van der Waals surface area (Å²) in [7, 11) is 0. The highest BCUT2D eigenvalue weighted by Gasteiger charge is 2.14. The van der Waals surface area contributed by atoms with Crippen LogP contribution in [0.4, 0.5) is 0 Å². The van der Waals surface area contributed by atoms with E-state index in [1.165, 1.54) is 25.9 Å². The SMILES string of the molecule is CC(CNCc1ccccc1CC(=O)O)CN1CCCC1. The van der Waals surface area contributed by atoms with Gasteiger partial charge in [0.15, 0.2) is 0 Å². The van der Waals surface area contributed by atoms with Crippen molar-refractivity contribution in [1.29, 1.82) is 0 Å². The third kappa shape index (κ3) is 5.48. The predicted molar refractivity (Wildman–Crippen MR) is 84.3 cm³/mol. The number of nitrogens with zero attached hydrogens (tertiary/aromatic N) is 1. The second-order valence-corrected chi connectivity index (χ2v) is 6.08. The van der Waals surface area contributed by atoms with Gasteiger partial charge in [-0.25, -0.2) is 0 Å². The average molecular weight is 290 g/mol. The summed E-state index contributed by atoms with van der Waals surface area (Å²) in [4.78, 5) is 13.4. The third-order valence-corrected chi connectivity index (χ3v) is 4.04. The van der Waals surface area contributed by atoms with Crippen LogP contribution in [0.2, 0.25) is 0 Å². The molecule has 21 heavy (non-hydrogen) atoms. The van der Waals surface area contributed by atoms with Crippen molar-refractivity contribution in [2.75, 3.05) is 26.2 Å². The van der Waals surface area contributed by atoms with E-state index >= 15 is 0 Å². The van der Waals surface area contributed by atoms with Crippen LogP contribution in [0.15, 0.2) is 24.3 Å². The fraction of sp³-hybridized carbons (Fsp3) is 0.588. The summed E-state index contributed by atoms with van der Waals surface area (Å²) in [5.74, 6) is -0.153. The molecule has 116 valence electrons. The van der Waals surface area contributed by atoms with E-state index in [1.54, 1.807) is 0 Å². The highest BCUT2D eigenvalue weighted by Crippen LogP contribution is 2.11. The van der Waals surface area contributed by atoms with Gasteiger partial charge in [0, 0.05) is 13.1 Å². The minimum atomic E-state index is -0.773. The number of hydrogen-bond acceptors (Lipinski definition) is 3. The maximum atomic E-state index is 10.9. The first-order valence-corrected chi connectivity index (χ1v) is 7.87. The van der Waals surface area contributed by atoms with E-state index in [0.717, 1.165) is 30.8 Å². The summed E-state index contributed by atoms with van der Waals surface area (Å²) in [5.41, 5.74) is 2.00. The van der Waals surface area contributed by atoms with Gasteiger partial charge in [0.05, 0.1) is 6.42 Å². The van der Waals surface area contributed by atoms with Crippen molar-refractivity contribution in [3.05, 3.63) is 35.4 Å². The summed E-state index contributed by atoms with van der Waals surface area (Å²) in [6, 6.07) is 7.78. The van der Waals surface area contributed by atoms with E-state index in [-0.39, 0.29) is 6.42 Å². The average Bonchev–Trinajstić information content (AvgIpc) is 2.93. The smallest absolute Gasteiger partial charge is 0.307 e. The van der Waals surface area contributed by atoms with Gasteiger partial charge in [-0.2, -0.15) is 0 Å². The molecule has 0 bridgehead atoms. The number of carboxylic acid groups (broad SMARTS) is 1. The zero-order valence-corrected chi connectivity index (χ0v) is 12.8. The van der Waals surface area contributed by atoms with Crippen molar-refractivity contribution in [1.82, 2.24) is 10.2 Å². The Morgan fingerprint density at radius 3 is 2.62 bits per heavy atom. The van der Waals surface area contributed by atoms with Crippen LogP contribution in [-0.4, -0.2) is 42.2 Å². The van der Waals surface area contributed by atoms with Crippen LogP contribution < -0.4 is 5.32 Å². The standard InChI is InChI=1S/C17H26N2O2/c1-14(13-19-8-4-5-9-19)11-18-12-16-7-3-2-6-15(16)10-17(20)21/h2-3,6-7,14,18H,4-5,8-13H2,1H3,(H,20,21). The van der Waals surface area contributed by atoms with Crippen LogP contribution in [0.5, 0.6) is 0 Å². The van der Waals surface area contributed by atoms with E-state index < -0.39 is 5.97 Å². The van der Waals surface area contributed by atoms with Gasteiger partial charge in [-0.3, -0.25) is 4.79 Å². The van der Waals surface area contributed by atoms with Crippen molar-refractivity contribution in [2.45, 2.75) is 32.7 Å². The molecule has 4 heteroatoms. The second kappa shape index (κ2) is 8.15. The maximum absolute atomic E-state index is 10.9. The molecule has 0 radical (unpaired) electrons. The van der Waals surface area contributed by atoms with E-state index in [4.69, 9.17) is 5.11 Å². The highest BCUT2D eigenvalue weighted by atomic mass is 16.4. The summed E-state index contributed by atoms with van der Waals surface area (Å²) in [6.45, 7) is 7.63. The molecule has 0 amide bonds. The molecule has 1 aromatic carbocycles. The summed E-state index contributed by atoms with van der Waals surface area (Å²) < 4.78 is 0. The lowest BCUT2D eigenvalue weighted by atomic mass is 10.0. The van der Waals surface area contributed by atoms with Crippen LogP contribution in [0.1, 0.15) is 30.9 Å². The Morgan fingerprint density at radius 1 is 1.29 bits per heavy atom. The molecule has 0 spiro atoms. The molecule has 2 N–H and O–H groups in total. The topological polar surface area (TPSA) is 52.6 Å². The molecule has 1 unspecified atom stereocenters. The molecule has 0 aliphatic carbocycles. The van der Waals surface area contributed by atoms with E-state index in [2.05, 4.69) is 17.1 Å². The van der Waals surface area contributed by atoms with Crippen LogP contribution in [-0.2, 0) is 17.8 Å². The Bertz CT molecular complexity index is 456. The molecular weight excluding hydrogens is 264 g/mol. The monoisotopic (exact) mass is 290 g/mol. The van der Waals surface area contributed by atoms with E-state index in [1.807, 2.05) is 24.3 Å². The summed E-state index contributed by atoms with van der Waals surface area (Å²) in [6.07, 6.45) is 2.77. The minimum Gasteiger partial charge on any atom is -0.481 e. The number of likely N-dealkylation sites (tertiary alicyclic amines) is 1. The van der Waals surface area contributed by atoms with Crippen molar-refractivity contribution in [2.24, 2.45) is 5.92 Å². The molecule has 1 fully saturated rings. The number of carboxylic acids is 1. The zero-order valence-electron chi connectivity index (χ0n) is 12.8. The van der Waals surface area contributed by atoms with Gasteiger partial charge in [0.1, 0.15) is 0 Å². The number of aliphatic carboxylic acids is 1. The lowest BCUT2D eigenvalue weighted by Gasteiger charge is -2.20. The number of hydrogen-bond donors (Lipinski definition) is 2. The first-order valence-electron chi connectivity index (χ1n) is 7.87. The molecule has 1 saturated heterocycles. The van der Waals surface area contributed by atoms with Crippen molar-refractivity contribution < 1.29 is 9.90 Å². The van der Waals surface area contributed by atoms with Crippen LogP contribution in [0.25, 0.3) is 0 Å². The molecule has 0 saturated carbocycles. The van der Waals surface area contributed by atoms with Gasteiger partial charge in [-0.05, 0) is 49.5 Å². The normalized spacial score (nSPS) is 17.0. The molecular formula is C17H26N2O2. The fourth-order valence-electron chi connectivity index (χ4n) is 2.99. The molecule has 0 aromatic heterocycles. The predicted octanol–water partition coefficient (Wildman–Crippen LogP) is 2.14. The van der Waals surface area contributed by atoms with Crippen LogP contribution in [0, 0.1) is 5.92 Å². The van der Waals surface area contributed by atoms with Crippen molar-refractivity contribution in [3.8, 4) is 0 Å². The minimum absolute atomic E-state index is 0.0984. The lowest BCUT2D eigenvalue weighted by molar-refractivity contribution is -0.136. The van der Waals surface area contributed by atoms with Gasteiger partial charge in [0.25, 0.3) is 0 Å². The Kier molecular flexibility index (Phi) is 6.21. The largest absolute Gasteiger partial charge is 0.481 e. The fourth-order valence-corrected chi connectivity index (χ4v) is 2.99. The van der Waals surface area contributed by atoms with Crippen molar-refractivity contribution >= 4 is 5.97 Å². The van der Waals surface area contributed by atoms with Crippen LogP contribution in [0.3, 0.4) is 0 Å². The lowest BCUT2D eigenvalue weighted by Crippen LogP contribution is -2.31. The molecule has 1 atom stereocenters. The van der Waals surface area contributed by atoms with Gasteiger partial charge >= 0.3 is 5.97 Å². The first-order chi connectivity index (χ1) is 10.1. The Balaban J connectivity index is 1.76. The zero-order chi connectivity index (χ0) is 15.1. The molecule has 2 rings (SSSR count). The number of carbonyl (C=O) groups is 1. The molecule has 1 heterocycles. The van der Waals surface area contributed by atoms with E-state index in [0.29, 0.717) is 5.92 Å². The maximum Gasteiger partial charge on any atom is 0.307 e. The van der Waals surface area contributed by atoms with Crippen LogP contribution >= 0.6 is 0 Å². The first kappa shape index (κ1) is 16.0. The van der Waals surface area contributed by atoms with Gasteiger partial charge in [0.2, 0.25) is 0 Å². The van der Waals surface area contributed by atoms with E-state index in [9.17, 15) is 4.79 Å². The Morgan fingerprint density at radius 2 is 1.95 bits per heavy atom. The number of rotatable bonds is 8. The second-order valence-electron chi connectivity index (χ2n) is 6.08. The summed E-state index contributed by atoms with van der Waals surface area (Å²) >= 11 is 0. The van der Waals surface area contributed by atoms with Gasteiger partial charge in [-0.1, -0.05) is 31.2 Å². The highest BCUT2D eigenvalue weighted by molar-refractivity contribution is 5.70. The Labute approximate surface area is 127 Å². The van der Waals surface area contributed by atoms with Crippen molar-refractivity contribution in [3.63, 3.8) is 0 Å². The van der Waals surface area contributed by atoms with Gasteiger partial charge in [-0.15, -0.1) is 0 Å². The quantitative estimate of drug-likeness (QED) is 0.770. The number of nitrogens with one attached hydrogen (secondary N) is 1.